The van der Waals surface area contributed by atoms with Gasteiger partial charge in [0.1, 0.15) is 11.5 Å². The van der Waals surface area contributed by atoms with Gasteiger partial charge in [-0.2, -0.15) is 0 Å². The molecule has 0 amide bonds. The van der Waals surface area contributed by atoms with Crippen molar-refractivity contribution in [1.82, 2.24) is 0 Å². The Bertz CT molecular complexity index is 348. The Morgan fingerprint density at radius 1 is 1.38 bits per heavy atom. The van der Waals surface area contributed by atoms with Crippen molar-refractivity contribution in [2.45, 2.75) is 25.8 Å². The fourth-order valence-corrected chi connectivity index (χ4v) is 1.73. The molecule has 0 spiro atoms. The molecule has 0 radical (unpaired) electrons. The molecule has 1 aromatic rings. The maximum absolute atomic E-state index is 5.74. The molecule has 88 valence electrons. The summed E-state index contributed by atoms with van der Waals surface area (Å²) in [4.78, 5) is 0. The molecule has 1 aromatic carbocycles. The maximum Gasteiger partial charge on any atom is 0.124 e. The number of ether oxygens (including phenoxy) is 2. The van der Waals surface area contributed by atoms with Crippen molar-refractivity contribution in [3.63, 3.8) is 0 Å². The Morgan fingerprint density at radius 2 is 2.19 bits per heavy atom. The predicted octanol–water partition coefficient (Wildman–Crippen LogP) is 2.33. The van der Waals surface area contributed by atoms with Crippen molar-refractivity contribution in [3.05, 3.63) is 23.8 Å². The van der Waals surface area contributed by atoms with E-state index >= 15 is 0 Å². The summed E-state index contributed by atoms with van der Waals surface area (Å²) < 4.78 is 10.9. The van der Waals surface area contributed by atoms with Crippen LogP contribution in [0.25, 0.3) is 0 Å². The molecular formula is C13H19NO2. The summed E-state index contributed by atoms with van der Waals surface area (Å²) in [7, 11) is 1.66. The minimum atomic E-state index is 0.482. The molecule has 0 saturated heterocycles. The standard InChI is InChI=1S/C13H19NO2/c1-15-12-4-5-13(11(8-12)9-14)16-7-6-10-2-3-10/h4-5,8,10H,2-3,6-7,9,14H2,1H3. The molecule has 1 saturated carbocycles. The second kappa shape index (κ2) is 5.21. The molecule has 0 aromatic heterocycles. The van der Waals surface area contributed by atoms with Crippen LogP contribution < -0.4 is 15.2 Å². The Balaban J connectivity index is 1.94. The first-order valence-electron chi connectivity index (χ1n) is 5.83. The highest BCUT2D eigenvalue weighted by Crippen LogP contribution is 2.32. The molecule has 1 aliphatic rings. The Morgan fingerprint density at radius 3 is 2.81 bits per heavy atom. The zero-order valence-electron chi connectivity index (χ0n) is 9.74. The van der Waals surface area contributed by atoms with Gasteiger partial charge in [0.2, 0.25) is 0 Å². The average Bonchev–Trinajstić information content (AvgIpc) is 3.13. The zero-order chi connectivity index (χ0) is 11.4. The topological polar surface area (TPSA) is 44.5 Å². The number of rotatable bonds is 6. The van der Waals surface area contributed by atoms with E-state index < -0.39 is 0 Å². The van der Waals surface area contributed by atoms with Crippen molar-refractivity contribution < 1.29 is 9.47 Å². The molecule has 0 heterocycles. The lowest BCUT2D eigenvalue weighted by Crippen LogP contribution is -2.04. The quantitative estimate of drug-likeness (QED) is 0.801. The van der Waals surface area contributed by atoms with Crippen LogP contribution in [-0.4, -0.2) is 13.7 Å². The molecule has 3 nitrogen and oxygen atoms in total. The van der Waals surface area contributed by atoms with Crippen LogP contribution in [0.4, 0.5) is 0 Å². The first kappa shape index (κ1) is 11.3. The van der Waals surface area contributed by atoms with Crippen LogP contribution in [0.5, 0.6) is 11.5 Å². The van der Waals surface area contributed by atoms with Crippen molar-refractivity contribution in [3.8, 4) is 11.5 Å². The highest BCUT2D eigenvalue weighted by atomic mass is 16.5. The van der Waals surface area contributed by atoms with E-state index in [0.29, 0.717) is 6.54 Å². The average molecular weight is 221 g/mol. The molecule has 1 fully saturated rings. The van der Waals surface area contributed by atoms with Crippen molar-refractivity contribution in [1.29, 1.82) is 0 Å². The SMILES string of the molecule is COc1ccc(OCCC2CC2)c(CN)c1. The lowest BCUT2D eigenvalue weighted by Gasteiger charge is -2.11. The van der Waals surface area contributed by atoms with E-state index in [1.807, 2.05) is 18.2 Å². The van der Waals surface area contributed by atoms with Gasteiger partial charge in [-0.25, -0.2) is 0 Å². The molecule has 0 unspecified atom stereocenters. The van der Waals surface area contributed by atoms with Crippen LogP contribution in [0.1, 0.15) is 24.8 Å². The van der Waals surface area contributed by atoms with E-state index in [1.165, 1.54) is 12.8 Å². The summed E-state index contributed by atoms with van der Waals surface area (Å²) in [6.45, 7) is 1.28. The number of benzene rings is 1. The highest BCUT2D eigenvalue weighted by molar-refractivity contribution is 5.40. The maximum atomic E-state index is 5.74. The van der Waals surface area contributed by atoms with E-state index in [9.17, 15) is 0 Å². The fraction of sp³-hybridized carbons (Fsp3) is 0.538. The van der Waals surface area contributed by atoms with Gasteiger partial charge in [0, 0.05) is 12.1 Å². The van der Waals surface area contributed by atoms with Crippen LogP contribution in [0.3, 0.4) is 0 Å². The van der Waals surface area contributed by atoms with Gasteiger partial charge in [0.05, 0.1) is 13.7 Å². The molecule has 0 aliphatic heterocycles. The molecule has 2 N–H and O–H groups in total. The minimum Gasteiger partial charge on any atom is -0.497 e. The minimum absolute atomic E-state index is 0.482. The van der Waals surface area contributed by atoms with Crippen molar-refractivity contribution >= 4 is 0 Å². The summed E-state index contributed by atoms with van der Waals surface area (Å²) in [6.07, 6.45) is 3.90. The van der Waals surface area contributed by atoms with Gasteiger partial charge in [-0.15, -0.1) is 0 Å². The van der Waals surface area contributed by atoms with Crippen molar-refractivity contribution in [2.24, 2.45) is 11.7 Å². The fourth-order valence-electron chi connectivity index (χ4n) is 1.73. The summed E-state index contributed by atoms with van der Waals surface area (Å²) >= 11 is 0. The van der Waals surface area contributed by atoms with E-state index in [-0.39, 0.29) is 0 Å². The third kappa shape index (κ3) is 2.89. The Labute approximate surface area is 96.5 Å². The molecule has 16 heavy (non-hydrogen) atoms. The summed E-state index contributed by atoms with van der Waals surface area (Å²) in [5, 5.41) is 0. The second-order valence-electron chi connectivity index (χ2n) is 4.26. The molecule has 0 bridgehead atoms. The largest absolute Gasteiger partial charge is 0.497 e. The number of hydrogen-bond acceptors (Lipinski definition) is 3. The lowest BCUT2D eigenvalue weighted by atomic mass is 10.2. The smallest absolute Gasteiger partial charge is 0.124 e. The zero-order valence-corrected chi connectivity index (χ0v) is 9.74. The second-order valence-corrected chi connectivity index (χ2v) is 4.26. The number of methoxy groups -OCH3 is 1. The van der Waals surface area contributed by atoms with Crippen LogP contribution in [0, 0.1) is 5.92 Å². The molecule has 3 heteroatoms. The van der Waals surface area contributed by atoms with Gasteiger partial charge in [0.25, 0.3) is 0 Å². The lowest BCUT2D eigenvalue weighted by molar-refractivity contribution is 0.299. The molecule has 2 rings (SSSR count). The third-order valence-electron chi connectivity index (χ3n) is 2.97. The van der Waals surface area contributed by atoms with E-state index in [1.54, 1.807) is 7.11 Å². The molecule has 0 atom stereocenters. The van der Waals surface area contributed by atoms with Gasteiger partial charge < -0.3 is 15.2 Å². The highest BCUT2D eigenvalue weighted by Gasteiger charge is 2.20. The number of nitrogens with two attached hydrogens (primary N) is 1. The van der Waals surface area contributed by atoms with Crippen LogP contribution >= 0.6 is 0 Å². The monoisotopic (exact) mass is 221 g/mol. The van der Waals surface area contributed by atoms with Crippen LogP contribution in [0.15, 0.2) is 18.2 Å². The summed E-state index contributed by atoms with van der Waals surface area (Å²) in [6, 6.07) is 5.78. The van der Waals surface area contributed by atoms with Gasteiger partial charge >= 0.3 is 0 Å². The van der Waals surface area contributed by atoms with Gasteiger partial charge in [-0.05, 0) is 30.5 Å². The van der Waals surface area contributed by atoms with Gasteiger partial charge in [-0.1, -0.05) is 12.8 Å². The Kier molecular flexibility index (Phi) is 3.67. The summed E-state index contributed by atoms with van der Waals surface area (Å²) in [5.41, 5.74) is 6.69. The van der Waals surface area contributed by atoms with E-state index in [2.05, 4.69) is 0 Å². The molecule has 1 aliphatic carbocycles. The van der Waals surface area contributed by atoms with Crippen molar-refractivity contribution in [2.75, 3.05) is 13.7 Å². The first-order chi connectivity index (χ1) is 7.83. The Hall–Kier alpha value is -1.22. The third-order valence-corrected chi connectivity index (χ3v) is 2.97. The molecular weight excluding hydrogens is 202 g/mol. The van der Waals surface area contributed by atoms with Gasteiger partial charge in [0.15, 0.2) is 0 Å². The van der Waals surface area contributed by atoms with Gasteiger partial charge in [-0.3, -0.25) is 0 Å². The predicted molar refractivity (Wildman–Crippen MR) is 63.7 cm³/mol. The number of hydrogen-bond donors (Lipinski definition) is 1. The van der Waals surface area contributed by atoms with Crippen LogP contribution in [-0.2, 0) is 6.54 Å². The van der Waals surface area contributed by atoms with Crippen LogP contribution in [0.2, 0.25) is 0 Å². The summed E-state index contributed by atoms with van der Waals surface area (Å²) in [5.74, 6) is 2.62. The van der Waals surface area contributed by atoms with E-state index in [0.717, 1.165) is 36.0 Å². The normalized spacial score (nSPS) is 14.9. The van der Waals surface area contributed by atoms with E-state index in [4.69, 9.17) is 15.2 Å². The first-order valence-corrected chi connectivity index (χ1v) is 5.83.